The molecule has 1 saturated carbocycles. The first-order chi connectivity index (χ1) is 35.4. The molecule has 1 aliphatic carbocycles. The normalized spacial score (nSPS) is 22.8. The van der Waals surface area contributed by atoms with Crippen molar-refractivity contribution in [3.8, 4) is 0 Å². The fourth-order valence-electron chi connectivity index (χ4n) is 9.05. The van der Waals surface area contributed by atoms with Crippen molar-refractivity contribution in [2.45, 2.75) is 114 Å². The van der Waals surface area contributed by atoms with Gasteiger partial charge in [-0.15, -0.1) is 0 Å². The minimum absolute atomic E-state index is 0.0579. The zero-order valence-corrected chi connectivity index (χ0v) is 41.9. The molecule has 2 fully saturated rings. The van der Waals surface area contributed by atoms with E-state index < -0.39 is 78.2 Å². The topological polar surface area (TPSA) is 235 Å². The lowest BCUT2D eigenvalue weighted by Crippen LogP contribution is -2.54. The molecule has 7 rings (SSSR count). The monoisotopic (exact) mass is 1010 g/mol. The van der Waals surface area contributed by atoms with Gasteiger partial charge in [0.25, 0.3) is 5.56 Å². The van der Waals surface area contributed by atoms with E-state index in [2.05, 4.69) is 25.3 Å². The Balaban J connectivity index is 0.859. The van der Waals surface area contributed by atoms with Crippen molar-refractivity contribution >= 4 is 47.3 Å². The fraction of sp³-hybridized carbons (Fsp3) is 0.481. The molecule has 390 valence electrons. The van der Waals surface area contributed by atoms with Gasteiger partial charge in [-0.3, -0.25) is 19.1 Å². The first kappa shape index (κ1) is 54.0. The van der Waals surface area contributed by atoms with E-state index in [0.717, 1.165) is 25.7 Å². The number of rotatable bonds is 25. The number of aliphatic hydroxyl groups excluding tert-OH is 1. The minimum atomic E-state index is -0.968. The zero-order valence-electron chi connectivity index (χ0n) is 41.9. The number of fused-ring (bicyclic) bond motifs is 1. The molecular weight excluding hydrogens is 939 g/mol. The van der Waals surface area contributed by atoms with Gasteiger partial charge in [0.2, 0.25) is 11.9 Å². The molecule has 19 nitrogen and oxygen atoms in total. The highest BCUT2D eigenvalue weighted by molar-refractivity contribution is 5.91. The lowest BCUT2D eigenvalue weighted by Gasteiger charge is -2.44. The number of esters is 3. The third-order valence-corrected chi connectivity index (χ3v) is 13.0. The van der Waals surface area contributed by atoms with Crippen LogP contribution in [0.3, 0.4) is 0 Å². The number of imidazole rings is 1. The summed E-state index contributed by atoms with van der Waals surface area (Å²) < 4.78 is 38.7. The highest BCUT2D eigenvalue weighted by atomic mass is 16.6. The zero-order chi connectivity index (χ0) is 51.7. The Bertz CT molecular complexity index is 2650. The van der Waals surface area contributed by atoms with Crippen LogP contribution in [-0.2, 0) is 33.2 Å². The van der Waals surface area contributed by atoms with Crippen molar-refractivity contribution in [3.05, 3.63) is 124 Å². The molecule has 5 aromatic rings. The third-order valence-electron chi connectivity index (χ3n) is 13.0. The van der Waals surface area contributed by atoms with E-state index in [9.17, 15) is 29.1 Å². The molecule has 2 aromatic heterocycles. The van der Waals surface area contributed by atoms with E-state index in [1.54, 1.807) is 115 Å². The largest absolute Gasteiger partial charge is 0.462 e. The summed E-state index contributed by atoms with van der Waals surface area (Å²) in [4.78, 5) is 83.2. The number of H-pyrrole nitrogens is 1. The molecule has 1 amide bonds. The number of carbonyl (C=O) groups is 4. The summed E-state index contributed by atoms with van der Waals surface area (Å²) >= 11 is 0. The molecular formula is C54H67N7O12. The second-order valence-electron chi connectivity index (χ2n) is 18.6. The fourth-order valence-corrected chi connectivity index (χ4v) is 9.05. The molecule has 0 radical (unpaired) electrons. The maximum atomic E-state index is 13.6. The molecule has 1 unspecified atom stereocenters. The Morgan fingerprint density at radius 1 is 0.822 bits per heavy atom. The minimum Gasteiger partial charge on any atom is -0.462 e. The number of hydrogen-bond donors (Lipinski definition) is 3. The van der Waals surface area contributed by atoms with E-state index in [-0.39, 0.29) is 29.6 Å². The van der Waals surface area contributed by atoms with Crippen LogP contribution < -0.4 is 10.9 Å². The standard InChI is InChI=1S/C54H67N7O12/c1-5-40-44(63)47(50(71-40)61-34-56-43-48(61)58-54(59-49(43)64)57-33-60(3)4)69-30-19-7-6-18-28-55-42(62)27-17-20-29-68-41-31-39(32-70-51(65)36-21-11-8-12-22-36)46(73-53(67)38-25-15-10-16-26-38)45(35(41)2)72-52(66)37-23-13-9-14-24-37/h8-16,21-26,33-35,39-41,44-47,50,63H,5-7,17-20,27-32H2,1-4H3,(H,55,62)(H,58,59,64)/b57-33+/t35-,39+,40+,41+,44?,45+,46-,47-,50+/m0/s1. The first-order valence-electron chi connectivity index (χ1n) is 25.2. The lowest BCUT2D eigenvalue weighted by atomic mass is 9.76. The molecule has 3 heterocycles. The van der Waals surface area contributed by atoms with Gasteiger partial charge in [0.05, 0.1) is 48.2 Å². The van der Waals surface area contributed by atoms with E-state index in [0.29, 0.717) is 68.6 Å². The van der Waals surface area contributed by atoms with Crippen molar-refractivity contribution < 1.29 is 52.7 Å². The van der Waals surface area contributed by atoms with Crippen LogP contribution in [0.5, 0.6) is 0 Å². The van der Waals surface area contributed by atoms with Crippen molar-refractivity contribution in [3.63, 3.8) is 0 Å². The van der Waals surface area contributed by atoms with Gasteiger partial charge >= 0.3 is 17.9 Å². The summed E-state index contributed by atoms with van der Waals surface area (Å²) in [6.45, 7) is 4.91. The molecule has 1 aliphatic heterocycles. The number of amides is 1. The van der Waals surface area contributed by atoms with Gasteiger partial charge in [0.15, 0.2) is 17.4 Å². The van der Waals surface area contributed by atoms with Crippen molar-refractivity contribution in [2.24, 2.45) is 16.8 Å². The third kappa shape index (κ3) is 14.7. The van der Waals surface area contributed by atoms with Crippen molar-refractivity contribution in [1.82, 2.24) is 29.7 Å². The van der Waals surface area contributed by atoms with Gasteiger partial charge in [-0.2, -0.15) is 4.98 Å². The summed E-state index contributed by atoms with van der Waals surface area (Å²) in [5.41, 5.74) is 0.990. The lowest BCUT2D eigenvalue weighted by molar-refractivity contribution is -0.150. The molecule has 3 aromatic carbocycles. The van der Waals surface area contributed by atoms with Crippen LogP contribution in [0.2, 0.25) is 0 Å². The smallest absolute Gasteiger partial charge is 0.338 e. The Morgan fingerprint density at radius 2 is 1.42 bits per heavy atom. The molecule has 2 aliphatic rings. The van der Waals surface area contributed by atoms with Crippen molar-refractivity contribution in [1.29, 1.82) is 0 Å². The highest BCUT2D eigenvalue weighted by Crippen LogP contribution is 2.38. The molecule has 0 spiro atoms. The predicted octanol–water partition coefficient (Wildman–Crippen LogP) is 6.59. The second-order valence-corrected chi connectivity index (χ2v) is 18.6. The highest BCUT2D eigenvalue weighted by Gasteiger charge is 2.49. The van der Waals surface area contributed by atoms with Crippen LogP contribution in [0.15, 0.2) is 107 Å². The number of benzene rings is 3. The molecule has 19 heteroatoms. The average Bonchev–Trinajstić information content (AvgIpc) is 3.97. The summed E-state index contributed by atoms with van der Waals surface area (Å²) in [7, 11) is 3.60. The number of hydrogen-bond acceptors (Lipinski definition) is 15. The molecule has 9 atom stereocenters. The van der Waals surface area contributed by atoms with Gasteiger partial charge in [-0.25, -0.2) is 24.4 Å². The Hall–Kier alpha value is -6.80. The second kappa shape index (κ2) is 26.8. The first-order valence-corrected chi connectivity index (χ1v) is 25.2. The SMILES string of the molecule is CC[C@H]1O[C@@H](n2cnc3c(=O)[nH]c(/N=C/N(C)C)nc32)[C@@H](OCCCCCCNC(=O)CCCCO[C@@H]2C[C@H](COC(=O)c3ccccc3)[C@H](OC(=O)c3ccccc3)[C@H](OC(=O)c3ccccc3)[C@H]2C)C1O. The summed E-state index contributed by atoms with van der Waals surface area (Å²) in [6.07, 6.45) is 3.36. The molecule has 0 bridgehead atoms. The molecule has 3 N–H and O–H groups in total. The summed E-state index contributed by atoms with van der Waals surface area (Å²) in [6, 6.07) is 25.7. The molecule has 1 saturated heterocycles. The average molecular weight is 1010 g/mol. The summed E-state index contributed by atoms with van der Waals surface area (Å²) in [5.74, 6) is -2.69. The Labute approximate surface area is 424 Å². The van der Waals surface area contributed by atoms with Crippen LogP contribution in [-0.4, -0.2) is 137 Å². The van der Waals surface area contributed by atoms with Crippen LogP contribution in [0.4, 0.5) is 5.95 Å². The van der Waals surface area contributed by atoms with E-state index in [1.807, 2.05) is 13.8 Å². The quantitative estimate of drug-likeness (QED) is 0.0184. The maximum Gasteiger partial charge on any atom is 0.338 e. The molecule has 73 heavy (non-hydrogen) atoms. The number of carbonyl (C=O) groups excluding carboxylic acids is 4. The Morgan fingerprint density at radius 3 is 2.07 bits per heavy atom. The number of aliphatic hydroxyl groups is 1. The van der Waals surface area contributed by atoms with Gasteiger partial charge in [0.1, 0.15) is 24.4 Å². The number of nitrogens with zero attached hydrogens (tertiary/aromatic N) is 5. The van der Waals surface area contributed by atoms with Gasteiger partial charge in [-0.05, 0) is 74.9 Å². The van der Waals surface area contributed by atoms with Gasteiger partial charge in [-0.1, -0.05) is 81.3 Å². The maximum absolute atomic E-state index is 13.6. The van der Waals surface area contributed by atoms with Crippen LogP contribution in [0.1, 0.15) is 109 Å². The van der Waals surface area contributed by atoms with E-state index in [4.69, 9.17) is 28.4 Å². The van der Waals surface area contributed by atoms with Gasteiger partial charge < -0.3 is 43.7 Å². The van der Waals surface area contributed by atoms with E-state index in [1.165, 1.54) is 12.7 Å². The van der Waals surface area contributed by atoms with Crippen LogP contribution in [0, 0.1) is 11.8 Å². The van der Waals surface area contributed by atoms with Crippen LogP contribution in [0.25, 0.3) is 11.2 Å². The number of aromatic nitrogens is 4. The number of nitrogens with one attached hydrogen (secondary N) is 2. The number of ether oxygens (including phenoxy) is 6. The van der Waals surface area contributed by atoms with Gasteiger partial charge in [0, 0.05) is 52.1 Å². The van der Waals surface area contributed by atoms with E-state index >= 15 is 0 Å². The number of aliphatic imine (C=N–C) groups is 1. The summed E-state index contributed by atoms with van der Waals surface area (Å²) in [5, 5.41) is 14.2. The number of unbranched alkanes of at least 4 members (excludes halogenated alkanes) is 4. The van der Waals surface area contributed by atoms with Crippen molar-refractivity contribution in [2.75, 3.05) is 40.5 Å². The predicted molar refractivity (Wildman–Crippen MR) is 270 cm³/mol. The number of aromatic amines is 1. The Kier molecular flexibility index (Phi) is 19.8. The van der Waals surface area contributed by atoms with Crippen LogP contribution >= 0.6 is 0 Å².